The Kier molecular flexibility index (Phi) is 4.86. The molecule has 1 aliphatic rings. The molecule has 3 aromatic rings. The maximum absolute atomic E-state index is 13.2. The van der Waals surface area contributed by atoms with E-state index in [9.17, 15) is 18.0 Å². The third-order valence-corrected chi connectivity index (χ3v) is 5.37. The largest absolute Gasteiger partial charge is 0.453 e. The van der Waals surface area contributed by atoms with E-state index < -0.39 is 12.0 Å². The average molecular weight is 423 g/mol. The summed E-state index contributed by atoms with van der Waals surface area (Å²) in [6.45, 7) is 6.20. The van der Waals surface area contributed by atoms with E-state index in [2.05, 4.69) is 25.8 Å². The van der Waals surface area contributed by atoms with E-state index >= 15 is 0 Å². The average Bonchev–Trinajstić information content (AvgIpc) is 3.30. The molecule has 3 aromatic heterocycles. The van der Waals surface area contributed by atoms with Gasteiger partial charge in [0.1, 0.15) is 5.76 Å². The third kappa shape index (κ3) is 3.57. The highest BCUT2D eigenvalue weighted by atomic mass is 19.4. The minimum absolute atomic E-state index is 0.0840. The molecule has 0 aromatic carbocycles. The van der Waals surface area contributed by atoms with Crippen molar-refractivity contribution < 1.29 is 22.5 Å². The molecular weight excluding hydrogens is 403 g/mol. The number of aromatic nitrogens is 5. The summed E-state index contributed by atoms with van der Waals surface area (Å²) in [4.78, 5) is 14.4. The number of aryl methyl sites for hydroxylation is 2. The van der Waals surface area contributed by atoms with Gasteiger partial charge in [0.15, 0.2) is 17.3 Å². The number of hydrogen-bond donors (Lipinski definition) is 1. The zero-order valence-corrected chi connectivity index (χ0v) is 16.6. The Labute approximate surface area is 169 Å². The molecule has 0 radical (unpaired) electrons. The van der Waals surface area contributed by atoms with Gasteiger partial charge >= 0.3 is 6.18 Å². The molecule has 160 valence electrons. The van der Waals surface area contributed by atoms with Crippen LogP contribution in [0.25, 0.3) is 5.65 Å². The number of rotatable bonds is 3. The number of halogens is 3. The number of hydrogen-bond acceptors (Lipinski definition) is 7. The molecule has 0 atom stereocenters. The second kappa shape index (κ2) is 7.26. The van der Waals surface area contributed by atoms with Crippen molar-refractivity contribution in [1.29, 1.82) is 0 Å². The van der Waals surface area contributed by atoms with Gasteiger partial charge in [0.25, 0.3) is 5.82 Å². The third-order valence-electron chi connectivity index (χ3n) is 5.37. The normalized spacial score (nSPS) is 15.7. The van der Waals surface area contributed by atoms with E-state index in [4.69, 9.17) is 4.52 Å². The number of alkyl halides is 3. The SMILES string of the molecule is Cc1cc(NC(=O)C2CCN(c3nn4c(C(F)(F)F)nnc4c(C)c3C)CC2)no1. The number of carbonyl (C=O) groups is 1. The lowest BCUT2D eigenvalue weighted by atomic mass is 9.95. The molecule has 0 aliphatic carbocycles. The predicted molar refractivity (Wildman–Crippen MR) is 100 cm³/mol. The number of fused-ring (bicyclic) bond motifs is 1. The van der Waals surface area contributed by atoms with Crippen LogP contribution < -0.4 is 10.2 Å². The molecule has 1 saturated heterocycles. The number of piperidine rings is 1. The van der Waals surface area contributed by atoms with E-state index in [0.717, 1.165) is 10.1 Å². The Morgan fingerprint density at radius 3 is 2.47 bits per heavy atom. The molecule has 1 aliphatic heterocycles. The van der Waals surface area contributed by atoms with Gasteiger partial charge in [-0.25, -0.2) is 0 Å². The topological polar surface area (TPSA) is 101 Å². The van der Waals surface area contributed by atoms with E-state index in [1.165, 1.54) is 0 Å². The fraction of sp³-hybridized carbons (Fsp3) is 0.500. The highest BCUT2D eigenvalue weighted by molar-refractivity contribution is 5.91. The highest BCUT2D eigenvalue weighted by Gasteiger charge is 2.38. The molecule has 9 nitrogen and oxygen atoms in total. The van der Waals surface area contributed by atoms with Crippen LogP contribution >= 0.6 is 0 Å². The smallest absolute Gasteiger partial charge is 0.360 e. The lowest BCUT2D eigenvalue weighted by Crippen LogP contribution is -2.39. The molecule has 4 rings (SSSR count). The van der Waals surface area contributed by atoms with Crippen molar-refractivity contribution in [3.05, 3.63) is 28.8 Å². The van der Waals surface area contributed by atoms with Crippen molar-refractivity contribution in [2.24, 2.45) is 5.92 Å². The van der Waals surface area contributed by atoms with Gasteiger partial charge in [-0.15, -0.1) is 15.3 Å². The molecular formula is C18H20F3N7O2. The van der Waals surface area contributed by atoms with Gasteiger partial charge in [-0.2, -0.15) is 17.7 Å². The Bertz CT molecular complexity index is 1100. The summed E-state index contributed by atoms with van der Waals surface area (Å²) in [7, 11) is 0. The summed E-state index contributed by atoms with van der Waals surface area (Å²) in [6, 6.07) is 1.63. The van der Waals surface area contributed by atoms with Crippen LogP contribution in [0.1, 0.15) is 35.6 Å². The van der Waals surface area contributed by atoms with Gasteiger partial charge in [0.05, 0.1) is 0 Å². The van der Waals surface area contributed by atoms with Gasteiger partial charge in [-0.1, -0.05) is 5.16 Å². The van der Waals surface area contributed by atoms with Crippen LogP contribution in [0.15, 0.2) is 10.6 Å². The molecule has 1 fully saturated rings. The lowest BCUT2D eigenvalue weighted by molar-refractivity contribution is -0.146. The van der Waals surface area contributed by atoms with Crippen molar-refractivity contribution in [3.63, 3.8) is 0 Å². The van der Waals surface area contributed by atoms with Crippen LogP contribution in [-0.2, 0) is 11.0 Å². The summed E-state index contributed by atoms with van der Waals surface area (Å²) < 4.78 is 45.4. The van der Waals surface area contributed by atoms with Crippen molar-refractivity contribution >= 4 is 23.2 Å². The Hall–Kier alpha value is -3.18. The quantitative estimate of drug-likeness (QED) is 0.691. The first-order valence-corrected chi connectivity index (χ1v) is 9.44. The summed E-state index contributed by atoms with van der Waals surface area (Å²) in [6.07, 6.45) is -3.58. The summed E-state index contributed by atoms with van der Waals surface area (Å²) in [5, 5.41) is 17.6. The number of nitrogens with zero attached hydrogens (tertiary/aromatic N) is 6. The zero-order chi connectivity index (χ0) is 21.6. The van der Waals surface area contributed by atoms with Gasteiger partial charge in [0, 0.05) is 36.2 Å². The van der Waals surface area contributed by atoms with E-state index in [-0.39, 0.29) is 17.5 Å². The van der Waals surface area contributed by atoms with Crippen LogP contribution in [0.4, 0.5) is 24.8 Å². The Balaban J connectivity index is 1.53. The summed E-state index contributed by atoms with van der Waals surface area (Å²) in [5.41, 5.74) is 1.41. The van der Waals surface area contributed by atoms with Crippen LogP contribution in [0.2, 0.25) is 0 Å². The Morgan fingerprint density at radius 2 is 1.87 bits per heavy atom. The minimum Gasteiger partial charge on any atom is -0.360 e. The molecule has 1 amide bonds. The van der Waals surface area contributed by atoms with Crippen LogP contribution in [0.3, 0.4) is 0 Å². The predicted octanol–water partition coefficient (Wildman–Crippen LogP) is 2.91. The summed E-state index contributed by atoms with van der Waals surface area (Å²) in [5.74, 6) is -0.137. The van der Waals surface area contributed by atoms with Gasteiger partial charge < -0.3 is 14.7 Å². The highest BCUT2D eigenvalue weighted by Crippen LogP contribution is 2.32. The van der Waals surface area contributed by atoms with Crippen molar-refractivity contribution in [3.8, 4) is 0 Å². The van der Waals surface area contributed by atoms with Gasteiger partial charge in [-0.05, 0) is 33.6 Å². The maximum Gasteiger partial charge on any atom is 0.453 e. The van der Waals surface area contributed by atoms with E-state index in [1.807, 2.05) is 4.90 Å². The molecule has 1 N–H and O–H groups in total. The fourth-order valence-corrected chi connectivity index (χ4v) is 3.60. The second-order valence-corrected chi connectivity index (χ2v) is 7.40. The van der Waals surface area contributed by atoms with Crippen LogP contribution in [0, 0.1) is 26.7 Å². The molecule has 4 heterocycles. The maximum atomic E-state index is 13.2. The molecule has 0 saturated carbocycles. The number of carbonyl (C=O) groups excluding carboxylic acids is 1. The number of nitrogens with one attached hydrogen (secondary N) is 1. The van der Waals surface area contributed by atoms with Gasteiger partial charge in [-0.3, -0.25) is 4.79 Å². The summed E-state index contributed by atoms with van der Waals surface area (Å²) >= 11 is 0. The van der Waals surface area contributed by atoms with Crippen molar-refractivity contribution in [1.82, 2.24) is 25.0 Å². The fourth-order valence-electron chi connectivity index (χ4n) is 3.60. The minimum atomic E-state index is -4.66. The van der Waals surface area contributed by atoms with Crippen LogP contribution in [0.5, 0.6) is 0 Å². The van der Waals surface area contributed by atoms with Crippen LogP contribution in [-0.4, -0.2) is 44.0 Å². The Morgan fingerprint density at radius 1 is 1.17 bits per heavy atom. The van der Waals surface area contributed by atoms with Crippen molar-refractivity contribution in [2.45, 2.75) is 39.8 Å². The monoisotopic (exact) mass is 423 g/mol. The first-order chi connectivity index (χ1) is 14.1. The number of amides is 1. The molecule has 12 heteroatoms. The van der Waals surface area contributed by atoms with E-state index in [0.29, 0.717) is 48.9 Å². The number of anilines is 2. The van der Waals surface area contributed by atoms with E-state index in [1.54, 1.807) is 26.8 Å². The zero-order valence-electron chi connectivity index (χ0n) is 16.6. The standard InChI is InChI=1S/C18H20F3N7O2/c1-9-8-13(26-30-9)22-16(29)12-4-6-27(7-5-12)15-11(3)10(2)14-23-24-17(18(19,20)21)28(14)25-15/h8,12H,4-7H2,1-3H3,(H,22,26,29). The second-order valence-electron chi connectivity index (χ2n) is 7.40. The van der Waals surface area contributed by atoms with Crippen molar-refractivity contribution in [2.75, 3.05) is 23.3 Å². The molecule has 0 bridgehead atoms. The molecule has 0 unspecified atom stereocenters. The first-order valence-electron chi connectivity index (χ1n) is 9.44. The first kappa shape index (κ1) is 20.1. The van der Waals surface area contributed by atoms with Gasteiger partial charge in [0.2, 0.25) is 5.91 Å². The molecule has 30 heavy (non-hydrogen) atoms. The molecule has 0 spiro atoms. The lowest BCUT2D eigenvalue weighted by Gasteiger charge is -2.33.